The summed E-state index contributed by atoms with van der Waals surface area (Å²) in [5, 5.41) is 16.3. The quantitative estimate of drug-likeness (QED) is 0.649. The van der Waals surface area contributed by atoms with E-state index in [1.165, 1.54) is 0 Å². The molecule has 0 aliphatic carbocycles. The molecule has 23 heavy (non-hydrogen) atoms. The second kappa shape index (κ2) is 6.91. The number of para-hydroxylation sites is 1. The van der Waals surface area contributed by atoms with Crippen LogP contribution < -0.4 is 10.1 Å². The molecular formula is C15H17N5O3. The predicted octanol–water partition coefficient (Wildman–Crippen LogP) is 2.77. The molecule has 0 spiro atoms. The van der Waals surface area contributed by atoms with Gasteiger partial charge in [0.05, 0.1) is 12.0 Å². The summed E-state index contributed by atoms with van der Waals surface area (Å²) in [6.45, 7) is 2.65. The van der Waals surface area contributed by atoms with Gasteiger partial charge in [0, 0.05) is 0 Å². The number of benzene rings is 1. The Kier molecular flexibility index (Phi) is 4.51. The fourth-order valence-corrected chi connectivity index (χ4v) is 2.21. The second-order valence-electron chi connectivity index (χ2n) is 5.00. The zero-order valence-corrected chi connectivity index (χ0v) is 12.7. The van der Waals surface area contributed by atoms with Crippen LogP contribution in [0.15, 0.2) is 28.7 Å². The van der Waals surface area contributed by atoms with E-state index in [9.17, 15) is 4.79 Å². The van der Waals surface area contributed by atoms with Crippen molar-refractivity contribution in [1.82, 2.24) is 20.6 Å². The highest BCUT2D eigenvalue weighted by Gasteiger charge is 2.23. The Hall–Kier alpha value is -2.90. The summed E-state index contributed by atoms with van der Waals surface area (Å²) in [5.74, 6) is 0.144. The van der Waals surface area contributed by atoms with Crippen LogP contribution in [0.2, 0.25) is 0 Å². The Morgan fingerprint density at radius 2 is 2.22 bits per heavy atom. The molecule has 2 heterocycles. The van der Waals surface area contributed by atoms with Crippen molar-refractivity contribution in [3.63, 3.8) is 0 Å². The Morgan fingerprint density at radius 3 is 3.00 bits per heavy atom. The fraction of sp³-hybridized carbons (Fsp3) is 0.333. The van der Waals surface area contributed by atoms with Crippen molar-refractivity contribution < 1.29 is 13.9 Å². The van der Waals surface area contributed by atoms with Gasteiger partial charge in [-0.25, -0.2) is 0 Å². The van der Waals surface area contributed by atoms with Crippen molar-refractivity contribution in [3.05, 3.63) is 30.0 Å². The normalized spacial score (nSPS) is 10.8. The minimum atomic E-state index is -0.479. The van der Waals surface area contributed by atoms with E-state index in [1.54, 1.807) is 6.07 Å². The highest BCUT2D eigenvalue weighted by atomic mass is 16.5. The molecule has 3 aromatic rings. The lowest BCUT2D eigenvalue weighted by molar-refractivity contribution is 0.0992. The number of aromatic nitrogens is 4. The number of hydrogen-bond acceptors (Lipinski definition) is 6. The number of carbonyl (C=O) groups is 1. The molecule has 0 saturated carbocycles. The minimum absolute atomic E-state index is 0.0763. The molecule has 1 amide bonds. The SMILES string of the molecule is CCCCCOc1c(C(=O)Nc2nn[nH]n2)oc2ccccc12. The van der Waals surface area contributed by atoms with Gasteiger partial charge in [-0.3, -0.25) is 10.1 Å². The van der Waals surface area contributed by atoms with Crippen LogP contribution in [-0.2, 0) is 0 Å². The molecule has 1 aromatic carbocycles. The van der Waals surface area contributed by atoms with Crippen molar-refractivity contribution in [1.29, 1.82) is 0 Å². The van der Waals surface area contributed by atoms with E-state index in [2.05, 4.69) is 32.9 Å². The van der Waals surface area contributed by atoms with Gasteiger partial charge in [0.2, 0.25) is 5.76 Å². The number of tetrazole rings is 1. The van der Waals surface area contributed by atoms with Crippen LogP contribution in [0.4, 0.5) is 5.95 Å². The molecule has 0 bridgehead atoms. The number of fused-ring (bicyclic) bond motifs is 1. The van der Waals surface area contributed by atoms with E-state index >= 15 is 0 Å². The number of anilines is 1. The minimum Gasteiger partial charge on any atom is -0.489 e. The summed E-state index contributed by atoms with van der Waals surface area (Å²) in [5.41, 5.74) is 0.594. The fourth-order valence-electron chi connectivity index (χ4n) is 2.21. The molecule has 2 aromatic heterocycles. The van der Waals surface area contributed by atoms with Crippen LogP contribution >= 0.6 is 0 Å². The molecule has 0 aliphatic heterocycles. The van der Waals surface area contributed by atoms with Crippen LogP contribution in [0.3, 0.4) is 0 Å². The highest BCUT2D eigenvalue weighted by molar-refractivity contribution is 6.07. The number of aromatic amines is 1. The molecule has 0 radical (unpaired) electrons. The Morgan fingerprint density at radius 1 is 1.35 bits per heavy atom. The molecule has 0 saturated heterocycles. The summed E-state index contributed by atoms with van der Waals surface area (Å²) in [4.78, 5) is 12.4. The van der Waals surface area contributed by atoms with Gasteiger partial charge in [0.15, 0.2) is 5.75 Å². The van der Waals surface area contributed by atoms with Gasteiger partial charge in [-0.05, 0) is 23.8 Å². The zero-order chi connectivity index (χ0) is 16.1. The van der Waals surface area contributed by atoms with Gasteiger partial charge < -0.3 is 9.15 Å². The van der Waals surface area contributed by atoms with E-state index in [-0.39, 0.29) is 11.7 Å². The first-order valence-corrected chi connectivity index (χ1v) is 7.48. The van der Waals surface area contributed by atoms with Crippen molar-refractivity contribution in [2.75, 3.05) is 11.9 Å². The first-order chi connectivity index (χ1) is 11.3. The highest BCUT2D eigenvalue weighted by Crippen LogP contribution is 2.33. The van der Waals surface area contributed by atoms with Gasteiger partial charge in [-0.1, -0.05) is 37.0 Å². The first kappa shape index (κ1) is 15.0. The number of carbonyl (C=O) groups excluding carboxylic acids is 1. The van der Waals surface area contributed by atoms with Gasteiger partial charge in [-0.2, -0.15) is 5.21 Å². The lowest BCUT2D eigenvalue weighted by atomic mass is 10.2. The van der Waals surface area contributed by atoms with Crippen LogP contribution in [0.1, 0.15) is 36.7 Å². The lowest BCUT2D eigenvalue weighted by Gasteiger charge is -2.06. The summed E-state index contributed by atoms with van der Waals surface area (Å²) < 4.78 is 11.5. The molecule has 8 nitrogen and oxygen atoms in total. The van der Waals surface area contributed by atoms with Gasteiger partial charge in [0.1, 0.15) is 5.58 Å². The number of amides is 1. The number of nitrogens with one attached hydrogen (secondary N) is 2. The molecule has 8 heteroatoms. The maximum atomic E-state index is 12.4. The van der Waals surface area contributed by atoms with Crippen LogP contribution in [0.5, 0.6) is 5.75 Å². The molecule has 3 rings (SSSR count). The third-order valence-corrected chi connectivity index (χ3v) is 3.32. The number of rotatable bonds is 7. The molecule has 0 aliphatic rings. The third-order valence-electron chi connectivity index (χ3n) is 3.32. The summed E-state index contributed by atoms with van der Waals surface area (Å²) in [6.07, 6.45) is 3.09. The van der Waals surface area contributed by atoms with Crippen LogP contribution in [0.25, 0.3) is 11.0 Å². The number of furan rings is 1. The summed E-state index contributed by atoms with van der Waals surface area (Å²) in [6, 6.07) is 7.36. The number of H-pyrrole nitrogens is 1. The summed E-state index contributed by atoms with van der Waals surface area (Å²) >= 11 is 0. The molecule has 0 unspecified atom stereocenters. The van der Waals surface area contributed by atoms with Gasteiger partial charge in [-0.15, -0.1) is 5.10 Å². The number of ether oxygens (including phenoxy) is 1. The topological polar surface area (TPSA) is 106 Å². The average molecular weight is 315 g/mol. The van der Waals surface area contributed by atoms with Crippen LogP contribution in [-0.4, -0.2) is 33.1 Å². The van der Waals surface area contributed by atoms with Crippen molar-refractivity contribution >= 4 is 22.8 Å². The second-order valence-corrected chi connectivity index (χ2v) is 5.00. The van der Waals surface area contributed by atoms with E-state index in [4.69, 9.17) is 9.15 Å². The molecule has 2 N–H and O–H groups in total. The monoisotopic (exact) mass is 315 g/mol. The standard InChI is InChI=1S/C15H17N5O3/c1-2-3-6-9-22-12-10-7-4-5-8-11(10)23-13(12)14(21)16-15-17-19-20-18-15/h4-5,7-8H,2-3,6,9H2,1H3,(H2,16,17,18,19,20,21). The smallest absolute Gasteiger partial charge is 0.297 e. The zero-order valence-electron chi connectivity index (χ0n) is 12.7. The first-order valence-electron chi connectivity index (χ1n) is 7.48. The van der Waals surface area contributed by atoms with Crippen molar-refractivity contribution in [2.45, 2.75) is 26.2 Å². The van der Waals surface area contributed by atoms with E-state index in [0.29, 0.717) is 17.9 Å². The van der Waals surface area contributed by atoms with Crippen molar-refractivity contribution in [3.8, 4) is 5.75 Å². The largest absolute Gasteiger partial charge is 0.489 e. The summed E-state index contributed by atoms with van der Waals surface area (Å²) in [7, 11) is 0. The Balaban J connectivity index is 1.86. The Labute approximate surface area is 132 Å². The predicted molar refractivity (Wildman–Crippen MR) is 83.4 cm³/mol. The molecule has 0 fully saturated rings. The molecular weight excluding hydrogens is 298 g/mol. The van der Waals surface area contributed by atoms with Crippen LogP contribution in [0, 0.1) is 0 Å². The van der Waals surface area contributed by atoms with E-state index in [1.807, 2.05) is 18.2 Å². The number of nitrogens with zero attached hydrogens (tertiary/aromatic N) is 3. The third kappa shape index (κ3) is 3.31. The van der Waals surface area contributed by atoms with E-state index < -0.39 is 5.91 Å². The number of unbranched alkanes of at least 4 members (excludes halogenated alkanes) is 2. The maximum Gasteiger partial charge on any atom is 0.297 e. The Bertz CT molecular complexity index is 782. The number of hydrogen-bond donors (Lipinski definition) is 2. The average Bonchev–Trinajstić information content (AvgIpc) is 3.19. The van der Waals surface area contributed by atoms with Crippen molar-refractivity contribution in [2.24, 2.45) is 0 Å². The maximum absolute atomic E-state index is 12.4. The molecule has 120 valence electrons. The molecule has 0 atom stereocenters. The van der Waals surface area contributed by atoms with E-state index in [0.717, 1.165) is 24.6 Å². The lowest BCUT2D eigenvalue weighted by Crippen LogP contribution is -2.14. The van der Waals surface area contributed by atoms with Gasteiger partial charge >= 0.3 is 0 Å². The van der Waals surface area contributed by atoms with Gasteiger partial charge in [0.25, 0.3) is 11.9 Å².